The number of hydrogen-bond donors (Lipinski definition) is 2. The number of carbonyl (C=O) groups is 1. The van der Waals surface area contributed by atoms with E-state index in [4.69, 9.17) is 9.47 Å². The van der Waals surface area contributed by atoms with Crippen LogP contribution in [0.15, 0.2) is 18.2 Å². The lowest BCUT2D eigenvalue weighted by atomic mass is 9.83. The van der Waals surface area contributed by atoms with Gasteiger partial charge in [0.2, 0.25) is 5.91 Å². The highest BCUT2D eigenvalue weighted by Gasteiger charge is 2.31. The summed E-state index contributed by atoms with van der Waals surface area (Å²) in [6.45, 7) is 7.93. The van der Waals surface area contributed by atoms with E-state index in [-0.39, 0.29) is 18.3 Å². The van der Waals surface area contributed by atoms with Crippen LogP contribution in [0.3, 0.4) is 0 Å². The Balaban J connectivity index is 0.00000208. The summed E-state index contributed by atoms with van der Waals surface area (Å²) in [7, 11) is 0. The SMILES string of the molecule is CC(C)(C(=O)NCCC1CCNC1)c1ccc2c(c1)OCCO2.Cl. The highest BCUT2D eigenvalue weighted by Crippen LogP contribution is 2.35. The summed E-state index contributed by atoms with van der Waals surface area (Å²) in [5, 5.41) is 6.45. The molecular formula is C18H27ClN2O3. The van der Waals surface area contributed by atoms with Crippen molar-refractivity contribution < 1.29 is 14.3 Å². The molecule has 134 valence electrons. The molecule has 6 heteroatoms. The van der Waals surface area contributed by atoms with Crippen molar-refractivity contribution in [1.82, 2.24) is 10.6 Å². The third-order valence-corrected chi connectivity index (χ3v) is 4.83. The van der Waals surface area contributed by atoms with E-state index in [1.165, 1.54) is 6.42 Å². The number of carbonyl (C=O) groups excluding carboxylic acids is 1. The Bertz CT molecular complexity index is 571. The maximum absolute atomic E-state index is 12.6. The summed E-state index contributed by atoms with van der Waals surface area (Å²) in [6.07, 6.45) is 2.25. The molecule has 1 unspecified atom stereocenters. The summed E-state index contributed by atoms with van der Waals surface area (Å²) in [5.74, 6) is 2.23. The van der Waals surface area contributed by atoms with Gasteiger partial charge in [-0.3, -0.25) is 4.79 Å². The number of benzene rings is 1. The summed E-state index contributed by atoms with van der Waals surface area (Å²) in [4.78, 5) is 12.6. The molecule has 0 aromatic heterocycles. The van der Waals surface area contributed by atoms with Gasteiger partial charge in [0.25, 0.3) is 0 Å². The minimum Gasteiger partial charge on any atom is -0.486 e. The van der Waals surface area contributed by atoms with E-state index in [2.05, 4.69) is 10.6 Å². The van der Waals surface area contributed by atoms with Crippen LogP contribution >= 0.6 is 12.4 Å². The molecule has 1 aromatic rings. The molecular weight excluding hydrogens is 328 g/mol. The van der Waals surface area contributed by atoms with Crippen LogP contribution in [-0.4, -0.2) is 38.8 Å². The first-order chi connectivity index (χ1) is 11.1. The van der Waals surface area contributed by atoms with Gasteiger partial charge in [-0.05, 0) is 63.4 Å². The monoisotopic (exact) mass is 354 g/mol. The topological polar surface area (TPSA) is 59.6 Å². The van der Waals surface area contributed by atoms with Crippen molar-refractivity contribution in [3.63, 3.8) is 0 Å². The minimum absolute atomic E-state index is 0. The molecule has 1 amide bonds. The van der Waals surface area contributed by atoms with Gasteiger partial charge in [0.1, 0.15) is 13.2 Å². The molecule has 0 saturated carbocycles. The van der Waals surface area contributed by atoms with Crippen molar-refractivity contribution in [3.8, 4) is 11.5 Å². The molecule has 0 spiro atoms. The third kappa shape index (κ3) is 4.14. The number of amides is 1. The first-order valence-corrected chi connectivity index (χ1v) is 8.46. The number of ether oxygens (including phenoxy) is 2. The second-order valence-corrected chi connectivity index (χ2v) is 6.89. The number of rotatable bonds is 5. The highest BCUT2D eigenvalue weighted by atomic mass is 35.5. The predicted molar refractivity (Wildman–Crippen MR) is 96.3 cm³/mol. The van der Waals surface area contributed by atoms with Crippen molar-refractivity contribution >= 4 is 18.3 Å². The van der Waals surface area contributed by atoms with Gasteiger partial charge in [0, 0.05) is 6.54 Å². The van der Waals surface area contributed by atoms with Crippen LogP contribution < -0.4 is 20.1 Å². The summed E-state index contributed by atoms with van der Waals surface area (Å²) < 4.78 is 11.2. The van der Waals surface area contributed by atoms with E-state index in [9.17, 15) is 4.79 Å². The highest BCUT2D eigenvalue weighted by molar-refractivity contribution is 5.87. The molecule has 0 bridgehead atoms. The van der Waals surface area contributed by atoms with Crippen molar-refractivity contribution in [2.75, 3.05) is 32.8 Å². The van der Waals surface area contributed by atoms with Crippen LogP contribution in [0.25, 0.3) is 0 Å². The standard InChI is InChI=1S/C18H26N2O3.ClH/c1-18(2,17(21)20-8-6-13-5-7-19-12-13)14-3-4-15-16(11-14)23-10-9-22-15;/h3-4,11,13,19H,5-10,12H2,1-2H3,(H,20,21);1H. The van der Waals surface area contributed by atoms with Gasteiger partial charge in [-0.25, -0.2) is 0 Å². The van der Waals surface area contributed by atoms with E-state index in [0.29, 0.717) is 19.1 Å². The zero-order valence-electron chi connectivity index (χ0n) is 14.4. The Morgan fingerprint density at radius 2 is 2.04 bits per heavy atom. The van der Waals surface area contributed by atoms with E-state index in [1.807, 2.05) is 32.0 Å². The van der Waals surface area contributed by atoms with Crippen molar-refractivity contribution in [2.24, 2.45) is 5.92 Å². The normalized spacial score (nSPS) is 19.5. The molecule has 2 heterocycles. The number of fused-ring (bicyclic) bond motifs is 1. The molecule has 1 aromatic carbocycles. The Labute approximate surface area is 149 Å². The molecule has 24 heavy (non-hydrogen) atoms. The molecule has 1 saturated heterocycles. The van der Waals surface area contributed by atoms with Crippen LogP contribution in [-0.2, 0) is 10.2 Å². The van der Waals surface area contributed by atoms with E-state index < -0.39 is 5.41 Å². The average Bonchev–Trinajstić information content (AvgIpc) is 3.07. The maximum atomic E-state index is 12.6. The summed E-state index contributed by atoms with van der Waals surface area (Å²) >= 11 is 0. The predicted octanol–water partition coefficient (Wildman–Crippen LogP) is 2.27. The molecule has 0 radical (unpaired) electrons. The molecule has 5 nitrogen and oxygen atoms in total. The zero-order valence-corrected chi connectivity index (χ0v) is 15.2. The number of halogens is 1. The lowest BCUT2D eigenvalue weighted by Gasteiger charge is -2.27. The number of nitrogens with one attached hydrogen (secondary N) is 2. The summed E-state index contributed by atoms with van der Waals surface area (Å²) in [5.41, 5.74) is 0.353. The van der Waals surface area contributed by atoms with Gasteiger partial charge < -0.3 is 20.1 Å². The van der Waals surface area contributed by atoms with E-state index in [0.717, 1.165) is 43.1 Å². The first kappa shape index (κ1) is 18.9. The van der Waals surface area contributed by atoms with Crippen LogP contribution in [0.2, 0.25) is 0 Å². The van der Waals surface area contributed by atoms with Gasteiger partial charge >= 0.3 is 0 Å². The van der Waals surface area contributed by atoms with Crippen LogP contribution in [0, 0.1) is 5.92 Å². The minimum atomic E-state index is -0.593. The quantitative estimate of drug-likeness (QED) is 0.851. The van der Waals surface area contributed by atoms with Crippen LogP contribution in [0.5, 0.6) is 11.5 Å². The van der Waals surface area contributed by atoms with Crippen molar-refractivity contribution in [2.45, 2.75) is 32.1 Å². The maximum Gasteiger partial charge on any atom is 0.230 e. The fourth-order valence-electron chi connectivity index (χ4n) is 3.13. The molecule has 0 aliphatic carbocycles. The molecule has 1 atom stereocenters. The molecule has 1 fully saturated rings. The molecule has 2 aliphatic heterocycles. The second kappa shape index (κ2) is 8.08. The van der Waals surface area contributed by atoms with Gasteiger partial charge in [0.15, 0.2) is 11.5 Å². The van der Waals surface area contributed by atoms with Gasteiger partial charge in [0.05, 0.1) is 5.41 Å². The zero-order chi connectivity index (χ0) is 16.3. The smallest absolute Gasteiger partial charge is 0.230 e. The van der Waals surface area contributed by atoms with Crippen molar-refractivity contribution in [1.29, 1.82) is 0 Å². The van der Waals surface area contributed by atoms with E-state index >= 15 is 0 Å². The van der Waals surface area contributed by atoms with Gasteiger partial charge in [-0.2, -0.15) is 0 Å². The Morgan fingerprint density at radius 1 is 1.29 bits per heavy atom. The fraction of sp³-hybridized carbons (Fsp3) is 0.611. The van der Waals surface area contributed by atoms with E-state index in [1.54, 1.807) is 0 Å². The molecule has 3 rings (SSSR count). The Kier molecular flexibility index (Phi) is 6.35. The van der Waals surface area contributed by atoms with Gasteiger partial charge in [-0.1, -0.05) is 6.07 Å². The lowest BCUT2D eigenvalue weighted by molar-refractivity contribution is -0.125. The van der Waals surface area contributed by atoms with Gasteiger partial charge in [-0.15, -0.1) is 12.4 Å². The average molecular weight is 355 g/mol. The summed E-state index contributed by atoms with van der Waals surface area (Å²) in [6, 6.07) is 5.77. The molecule has 2 N–H and O–H groups in total. The largest absolute Gasteiger partial charge is 0.486 e. The van der Waals surface area contributed by atoms with Crippen molar-refractivity contribution in [3.05, 3.63) is 23.8 Å². The third-order valence-electron chi connectivity index (χ3n) is 4.83. The number of hydrogen-bond acceptors (Lipinski definition) is 4. The first-order valence-electron chi connectivity index (χ1n) is 8.46. The molecule has 2 aliphatic rings. The lowest BCUT2D eigenvalue weighted by Crippen LogP contribution is -2.41. The van der Waals surface area contributed by atoms with Crippen LogP contribution in [0.4, 0.5) is 0 Å². The Hall–Kier alpha value is -1.46. The Morgan fingerprint density at radius 3 is 2.75 bits per heavy atom. The fourth-order valence-corrected chi connectivity index (χ4v) is 3.13. The second-order valence-electron chi connectivity index (χ2n) is 6.89. The van der Waals surface area contributed by atoms with Crippen LogP contribution in [0.1, 0.15) is 32.3 Å².